The van der Waals surface area contributed by atoms with Crippen LogP contribution in [0.5, 0.6) is 0 Å². The maximum absolute atomic E-state index is 12.3. The van der Waals surface area contributed by atoms with Gasteiger partial charge in [-0.1, -0.05) is 54.6 Å². The molecule has 0 aliphatic heterocycles. The Hall–Kier alpha value is -2.99. The molecule has 0 unspecified atom stereocenters. The van der Waals surface area contributed by atoms with E-state index in [0.717, 1.165) is 42.0 Å². The van der Waals surface area contributed by atoms with Crippen LogP contribution < -0.4 is 10.6 Å². The van der Waals surface area contributed by atoms with E-state index in [2.05, 4.69) is 40.0 Å². The second-order valence-electron chi connectivity index (χ2n) is 6.35. The lowest BCUT2D eigenvalue weighted by molar-refractivity contribution is 0.0948. The minimum absolute atomic E-state index is 0.196. The molecule has 2 N–H and O–H groups in total. The van der Waals surface area contributed by atoms with Gasteiger partial charge >= 0.3 is 0 Å². The SMILES string of the molecule is CCCNCCNC(=O)c1nnn(-c2ccc(-c3ccccc3)cc2)c1C. The van der Waals surface area contributed by atoms with E-state index in [9.17, 15) is 4.79 Å². The zero-order valence-electron chi connectivity index (χ0n) is 15.8. The highest BCUT2D eigenvalue weighted by Gasteiger charge is 2.16. The first-order valence-corrected chi connectivity index (χ1v) is 9.27. The van der Waals surface area contributed by atoms with Crippen molar-refractivity contribution in [1.29, 1.82) is 0 Å². The summed E-state index contributed by atoms with van der Waals surface area (Å²) in [7, 11) is 0. The van der Waals surface area contributed by atoms with Crippen molar-refractivity contribution in [2.45, 2.75) is 20.3 Å². The van der Waals surface area contributed by atoms with Gasteiger partial charge < -0.3 is 10.6 Å². The van der Waals surface area contributed by atoms with Gasteiger partial charge in [-0.05, 0) is 43.1 Å². The summed E-state index contributed by atoms with van der Waals surface area (Å²) in [6, 6.07) is 18.3. The molecule has 0 fully saturated rings. The fourth-order valence-corrected chi connectivity index (χ4v) is 2.86. The van der Waals surface area contributed by atoms with E-state index < -0.39 is 0 Å². The molecule has 0 aliphatic rings. The number of rotatable bonds is 8. The average molecular weight is 363 g/mol. The number of aromatic nitrogens is 3. The van der Waals surface area contributed by atoms with Gasteiger partial charge in [0.2, 0.25) is 0 Å². The Morgan fingerprint density at radius 3 is 2.37 bits per heavy atom. The van der Waals surface area contributed by atoms with Crippen LogP contribution in [-0.4, -0.2) is 40.5 Å². The Labute approximate surface area is 159 Å². The summed E-state index contributed by atoms with van der Waals surface area (Å²) in [4.78, 5) is 12.3. The zero-order chi connectivity index (χ0) is 19.1. The predicted molar refractivity (Wildman–Crippen MR) is 107 cm³/mol. The highest BCUT2D eigenvalue weighted by molar-refractivity contribution is 5.93. The standard InChI is InChI=1S/C21H25N5O/c1-3-13-22-14-15-23-21(27)20-16(2)26(25-24-20)19-11-9-18(10-12-19)17-7-5-4-6-8-17/h4-12,22H,3,13-15H2,1-2H3,(H,23,27). The van der Waals surface area contributed by atoms with Crippen LogP contribution >= 0.6 is 0 Å². The minimum Gasteiger partial charge on any atom is -0.349 e. The smallest absolute Gasteiger partial charge is 0.273 e. The van der Waals surface area contributed by atoms with Crippen molar-refractivity contribution in [1.82, 2.24) is 25.6 Å². The maximum atomic E-state index is 12.3. The predicted octanol–water partition coefficient (Wildman–Crippen LogP) is 2.97. The second kappa shape index (κ2) is 9.09. The molecule has 0 radical (unpaired) electrons. The number of nitrogens with one attached hydrogen (secondary N) is 2. The first-order chi connectivity index (χ1) is 13.2. The van der Waals surface area contributed by atoms with Crippen molar-refractivity contribution >= 4 is 5.91 Å². The van der Waals surface area contributed by atoms with E-state index in [1.807, 2.05) is 49.4 Å². The van der Waals surface area contributed by atoms with E-state index in [0.29, 0.717) is 12.2 Å². The summed E-state index contributed by atoms with van der Waals surface area (Å²) < 4.78 is 1.69. The van der Waals surface area contributed by atoms with E-state index in [-0.39, 0.29) is 5.91 Å². The zero-order valence-corrected chi connectivity index (χ0v) is 15.8. The van der Waals surface area contributed by atoms with Crippen LogP contribution in [0.25, 0.3) is 16.8 Å². The van der Waals surface area contributed by atoms with Crippen molar-refractivity contribution < 1.29 is 4.79 Å². The summed E-state index contributed by atoms with van der Waals surface area (Å²) in [5.41, 5.74) is 4.26. The largest absolute Gasteiger partial charge is 0.349 e. The van der Waals surface area contributed by atoms with Crippen LogP contribution in [0.2, 0.25) is 0 Å². The van der Waals surface area contributed by atoms with Crippen LogP contribution in [0.15, 0.2) is 54.6 Å². The molecule has 0 spiro atoms. The van der Waals surface area contributed by atoms with Gasteiger partial charge in [0.1, 0.15) is 0 Å². The molecule has 0 atom stereocenters. The molecule has 2 aromatic carbocycles. The van der Waals surface area contributed by atoms with Crippen LogP contribution in [0.4, 0.5) is 0 Å². The molecule has 3 aromatic rings. The quantitative estimate of drug-likeness (QED) is 0.604. The average Bonchev–Trinajstić information content (AvgIpc) is 3.10. The third-order valence-electron chi connectivity index (χ3n) is 4.34. The lowest BCUT2D eigenvalue weighted by Gasteiger charge is -2.07. The number of hydrogen-bond acceptors (Lipinski definition) is 4. The summed E-state index contributed by atoms with van der Waals surface area (Å²) in [6.45, 7) is 6.23. The van der Waals surface area contributed by atoms with Gasteiger partial charge in [-0.15, -0.1) is 5.10 Å². The van der Waals surface area contributed by atoms with E-state index >= 15 is 0 Å². The van der Waals surface area contributed by atoms with Crippen molar-refractivity contribution in [2.24, 2.45) is 0 Å². The van der Waals surface area contributed by atoms with Crippen LogP contribution in [0, 0.1) is 6.92 Å². The lowest BCUT2D eigenvalue weighted by Crippen LogP contribution is -2.32. The van der Waals surface area contributed by atoms with Crippen LogP contribution in [0.1, 0.15) is 29.5 Å². The van der Waals surface area contributed by atoms with E-state index in [4.69, 9.17) is 0 Å². The second-order valence-corrected chi connectivity index (χ2v) is 6.35. The molecule has 0 saturated carbocycles. The highest BCUT2D eigenvalue weighted by Crippen LogP contribution is 2.21. The normalized spacial score (nSPS) is 10.7. The first-order valence-electron chi connectivity index (χ1n) is 9.27. The Morgan fingerprint density at radius 1 is 0.963 bits per heavy atom. The number of nitrogens with zero attached hydrogens (tertiary/aromatic N) is 3. The molecule has 1 aromatic heterocycles. The molecule has 1 amide bonds. The lowest BCUT2D eigenvalue weighted by atomic mass is 10.1. The third-order valence-corrected chi connectivity index (χ3v) is 4.34. The van der Waals surface area contributed by atoms with Crippen molar-refractivity contribution in [3.8, 4) is 16.8 Å². The summed E-state index contributed by atoms with van der Waals surface area (Å²) >= 11 is 0. The van der Waals surface area contributed by atoms with Gasteiger partial charge in [0.15, 0.2) is 5.69 Å². The topological polar surface area (TPSA) is 71.8 Å². The summed E-state index contributed by atoms with van der Waals surface area (Å²) in [5.74, 6) is -0.196. The Kier molecular flexibility index (Phi) is 6.33. The van der Waals surface area contributed by atoms with E-state index in [1.54, 1.807) is 4.68 Å². The van der Waals surface area contributed by atoms with Gasteiger partial charge in [0.05, 0.1) is 11.4 Å². The van der Waals surface area contributed by atoms with Crippen molar-refractivity contribution in [2.75, 3.05) is 19.6 Å². The number of benzene rings is 2. The van der Waals surface area contributed by atoms with E-state index in [1.165, 1.54) is 0 Å². The Morgan fingerprint density at radius 2 is 1.67 bits per heavy atom. The summed E-state index contributed by atoms with van der Waals surface area (Å²) in [5, 5.41) is 14.4. The van der Waals surface area contributed by atoms with Gasteiger partial charge in [0, 0.05) is 13.1 Å². The molecule has 27 heavy (non-hydrogen) atoms. The summed E-state index contributed by atoms with van der Waals surface area (Å²) in [6.07, 6.45) is 1.07. The Balaban J connectivity index is 1.68. The Bertz CT molecular complexity index is 871. The number of carbonyl (C=O) groups is 1. The monoisotopic (exact) mass is 363 g/mol. The van der Waals surface area contributed by atoms with Crippen molar-refractivity contribution in [3.05, 3.63) is 66.0 Å². The molecular weight excluding hydrogens is 338 g/mol. The molecule has 0 bridgehead atoms. The number of carbonyl (C=O) groups excluding carboxylic acids is 1. The minimum atomic E-state index is -0.196. The number of amides is 1. The molecule has 0 aliphatic carbocycles. The molecule has 6 heteroatoms. The van der Waals surface area contributed by atoms with Gasteiger partial charge in [-0.3, -0.25) is 4.79 Å². The fourth-order valence-electron chi connectivity index (χ4n) is 2.86. The van der Waals surface area contributed by atoms with Gasteiger partial charge in [-0.2, -0.15) is 0 Å². The fraction of sp³-hybridized carbons (Fsp3) is 0.286. The van der Waals surface area contributed by atoms with Crippen molar-refractivity contribution in [3.63, 3.8) is 0 Å². The van der Waals surface area contributed by atoms with Crippen LogP contribution in [0.3, 0.4) is 0 Å². The molecule has 140 valence electrons. The van der Waals surface area contributed by atoms with Gasteiger partial charge in [0.25, 0.3) is 5.91 Å². The number of hydrogen-bond donors (Lipinski definition) is 2. The molecule has 6 nitrogen and oxygen atoms in total. The molecular formula is C21H25N5O. The maximum Gasteiger partial charge on any atom is 0.273 e. The first kappa shape index (κ1) is 18.8. The molecule has 3 rings (SSSR count). The molecule has 0 saturated heterocycles. The van der Waals surface area contributed by atoms with Gasteiger partial charge in [-0.25, -0.2) is 4.68 Å². The van der Waals surface area contributed by atoms with Crippen LogP contribution in [-0.2, 0) is 0 Å². The third kappa shape index (κ3) is 4.60. The molecule has 1 heterocycles. The highest BCUT2D eigenvalue weighted by atomic mass is 16.2.